The van der Waals surface area contributed by atoms with E-state index in [-0.39, 0.29) is 6.03 Å². The summed E-state index contributed by atoms with van der Waals surface area (Å²) in [7, 11) is 3.92. The smallest absolute Gasteiger partial charge is 0.322 e. The van der Waals surface area contributed by atoms with Gasteiger partial charge in [0.05, 0.1) is 0 Å². The summed E-state index contributed by atoms with van der Waals surface area (Å²) in [6, 6.07) is 7.87. The van der Waals surface area contributed by atoms with Crippen LogP contribution in [-0.2, 0) is 13.0 Å². The van der Waals surface area contributed by atoms with Gasteiger partial charge in [-0.25, -0.2) is 4.79 Å². The van der Waals surface area contributed by atoms with Crippen molar-refractivity contribution in [1.82, 2.24) is 19.9 Å². The Morgan fingerprint density at radius 3 is 2.73 bits per heavy atom. The van der Waals surface area contributed by atoms with Crippen molar-refractivity contribution in [2.75, 3.05) is 32.5 Å². The number of aromatic nitrogens is 2. The predicted molar refractivity (Wildman–Crippen MR) is 116 cm³/mol. The molecule has 4 rings (SSSR count). The van der Waals surface area contributed by atoms with E-state index in [4.69, 9.17) is 4.52 Å². The quantitative estimate of drug-likeness (QED) is 0.736. The number of benzene rings is 1. The third kappa shape index (κ3) is 4.67. The van der Waals surface area contributed by atoms with Gasteiger partial charge in [-0.3, -0.25) is 0 Å². The number of likely N-dealkylation sites (tertiary alicyclic amines) is 1. The molecule has 1 aliphatic heterocycles. The normalized spacial score (nSPS) is 20.3. The number of rotatable bonds is 7. The fraction of sp³-hybridized carbons (Fsp3) is 0.609. The molecule has 162 valence electrons. The number of anilines is 1. The molecule has 2 aromatic rings. The number of aryl methyl sites for hydroxylation is 1. The highest BCUT2D eigenvalue weighted by molar-refractivity contribution is 5.89. The fourth-order valence-corrected chi connectivity index (χ4v) is 4.43. The molecular formula is C23H33N5O2. The van der Waals surface area contributed by atoms with Crippen LogP contribution in [0.1, 0.15) is 62.2 Å². The van der Waals surface area contributed by atoms with Gasteiger partial charge in [0, 0.05) is 18.7 Å². The molecule has 7 nitrogen and oxygen atoms in total. The van der Waals surface area contributed by atoms with Crippen LogP contribution in [0.4, 0.5) is 10.5 Å². The van der Waals surface area contributed by atoms with E-state index in [1.165, 1.54) is 31.2 Å². The molecule has 30 heavy (non-hydrogen) atoms. The van der Waals surface area contributed by atoms with Gasteiger partial charge in [-0.05, 0) is 75.4 Å². The number of carbonyl (C=O) groups excluding carboxylic acids is 1. The summed E-state index contributed by atoms with van der Waals surface area (Å²) in [4.78, 5) is 21.1. The minimum atomic E-state index is -0.186. The van der Waals surface area contributed by atoms with Crippen LogP contribution in [0.15, 0.2) is 28.8 Å². The molecule has 1 saturated carbocycles. The SMILES string of the molecule is CCCCc1ccc(NC(=O)N(C)Cc2nc(C3CC34CCN(C)CC4)no2)cc1. The van der Waals surface area contributed by atoms with Crippen molar-refractivity contribution in [3.8, 4) is 0 Å². The maximum absolute atomic E-state index is 12.5. The first-order valence-corrected chi connectivity index (χ1v) is 11.1. The second-order valence-corrected chi connectivity index (χ2v) is 9.06. The van der Waals surface area contributed by atoms with E-state index in [0.29, 0.717) is 23.8 Å². The van der Waals surface area contributed by atoms with Crippen LogP contribution in [-0.4, -0.2) is 53.2 Å². The average molecular weight is 412 g/mol. The first-order chi connectivity index (χ1) is 14.5. The highest BCUT2D eigenvalue weighted by Crippen LogP contribution is 2.64. The maximum Gasteiger partial charge on any atom is 0.322 e. The second kappa shape index (κ2) is 8.76. The topological polar surface area (TPSA) is 74.5 Å². The third-order valence-corrected chi connectivity index (χ3v) is 6.71. The van der Waals surface area contributed by atoms with E-state index in [0.717, 1.165) is 37.4 Å². The first-order valence-electron chi connectivity index (χ1n) is 11.1. The van der Waals surface area contributed by atoms with Crippen molar-refractivity contribution in [3.05, 3.63) is 41.5 Å². The van der Waals surface area contributed by atoms with Gasteiger partial charge >= 0.3 is 6.03 Å². The summed E-state index contributed by atoms with van der Waals surface area (Å²) in [5.41, 5.74) is 2.46. The number of urea groups is 1. The van der Waals surface area contributed by atoms with Crippen molar-refractivity contribution >= 4 is 11.7 Å². The molecule has 1 saturated heterocycles. The Bertz CT molecular complexity index is 855. The van der Waals surface area contributed by atoms with Gasteiger partial charge in [-0.15, -0.1) is 0 Å². The van der Waals surface area contributed by atoms with Crippen LogP contribution in [0.5, 0.6) is 0 Å². The zero-order valence-electron chi connectivity index (χ0n) is 18.4. The molecule has 2 heterocycles. The molecule has 1 aliphatic carbocycles. The maximum atomic E-state index is 12.5. The first kappa shape index (κ1) is 20.8. The lowest BCUT2D eigenvalue weighted by Crippen LogP contribution is -2.31. The summed E-state index contributed by atoms with van der Waals surface area (Å²) >= 11 is 0. The van der Waals surface area contributed by atoms with Gasteiger partial charge in [0.2, 0.25) is 5.89 Å². The van der Waals surface area contributed by atoms with Crippen LogP contribution in [0.25, 0.3) is 0 Å². The van der Waals surface area contributed by atoms with Crippen LogP contribution in [0, 0.1) is 5.41 Å². The molecule has 1 N–H and O–H groups in total. The molecule has 2 aliphatic rings. The lowest BCUT2D eigenvalue weighted by molar-refractivity contribution is 0.199. The minimum Gasteiger partial charge on any atom is -0.337 e. The minimum absolute atomic E-state index is 0.186. The van der Waals surface area contributed by atoms with Crippen molar-refractivity contribution in [2.24, 2.45) is 5.41 Å². The largest absolute Gasteiger partial charge is 0.337 e. The van der Waals surface area contributed by atoms with Gasteiger partial charge in [0.1, 0.15) is 6.54 Å². The Labute approximate surface area is 178 Å². The number of carbonyl (C=O) groups is 1. The number of piperidine rings is 1. The van der Waals surface area contributed by atoms with Gasteiger partial charge < -0.3 is 19.6 Å². The second-order valence-electron chi connectivity index (χ2n) is 9.06. The molecule has 1 spiro atoms. The van der Waals surface area contributed by atoms with Crippen LogP contribution in [0.3, 0.4) is 0 Å². The lowest BCUT2D eigenvalue weighted by Gasteiger charge is -2.29. The average Bonchev–Trinajstić information content (AvgIpc) is 3.25. The Hall–Kier alpha value is -2.41. The van der Waals surface area contributed by atoms with E-state index in [1.807, 2.05) is 12.1 Å². The molecule has 2 fully saturated rings. The zero-order valence-corrected chi connectivity index (χ0v) is 18.4. The summed E-state index contributed by atoms with van der Waals surface area (Å²) in [5.74, 6) is 1.72. The van der Waals surface area contributed by atoms with Crippen molar-refractivity contribution in [1.29, 1.82) is 0 Å². The molecule has 2 amide bonds. The number of unbranched alkanes of at least 4 members (excludes halogenated alkanes) is 1. The molecule has 0 radical (unpaired) electrons. The van der Waals surface area contributed by atoms with E-state index in [1.54, 1.807) is 11.9 Å². The van der Waals surface area contributed by atoms with Crippen molar-refractivity contribution < 1.29 is 9.32 Å². The standard InChI is InChI=1S/C23H33N5O2/c1-4-5-6-17-7-9-18(10-8-17)24-22(29)28(3)16-20-25-21(26-30-20)19-15-23(19)11-13-27(2)14-12-23/h7-10,19H,4-6,11-16H2,1-3H3,(H,24,29). The van der Waals surface area contributed by atoms with Crippen LogP contribution >= 0.6 is 0 Å². The van der Waals surface area contributed by atoms with Crippen LogP contribution in [0.2, 0.25) is 0 Å². The van der Waals surface area contributed by atoms with Crippen molar-refractivity contribution in [3.63, 3.8) is 0 Å². The third-order valence-electron chi connectivity index (χ3n) is 6.71. The summed E-state index contributed by atoms with van der Waals surface area (Å²) in [6.45, 7) is 4.78. The number of nitrogens with one attached hydrogen (secondary N) is 1. The lowest BCUT2D eigenvalue weighted by atomic mass is 9.91. The molecule has 0 bridgehead atoms. The molecule has 1 aromatic heterocycles. The molecule has 7 heteroatoms. The molecule has 1 atom stereocenters. The number of amides is 2. The predicted octanol–water partition coefficient (Wildman–Crippen LogP) is 4.28. The van der Waals surface area contributed by atoms with E-state index in [9.17, 15) is 4.79 Å². The zero-order chi connectivity index (χ0) is 21.1. The van der Waals surface area contributed by atoms with E-state index in [2.05, 4.69) is 46.5 Å². The highest BCUT2D eigenvalue weighted by atomic mass is 16.5. The number of nitrogens with zero attached hydrogens (tertiary/aromatic N) is 4. The summed E-state index contributed by atoms with van der Waals surface area (Å²) in [6.07, 6.45) is 7.00. The van der Waals surface area contributed by atoms with Crippen LogP contribution < -0.4 is 5.32 Å². The van der Waals surface area contributed by atoms with Gasteiger partial charge in [-0.2, -0.15) is 4.98 Å². The van der Waals surface area contributed by atoms with E-state index < -0.39 is 0 Å². The molecular weight excluding hydrogens is 378 g/mol. The Kier molecular flexibility index (Phi) is 6.09. The summed E-state index contributed by atoms with van der Waals surface area (Å²) < 4.78 is 5.45. The van der Waals surface area contributed by atoms with E-state index >= 15 is 0 Å². The monoisotopic (exact) mass is 411 g/mol. The summed E-state index contributed by atoms with van der Waals surface area (Å²) in [5, 5.41) is 7.15. The Morgan fingerprint density at radius 2 is 2.03 bits per heavy atom. The van der Waals surface area contributed by atoms with Gasteiger partial charge in [0.15, 0.2) is 5.82 Å². The highest BCUT2D eigenvalue weighted by Gasteiger charge is 2.57. The van der Waals surface area contributed by atoms with Crippen molar-refractivity contribution in [2.45, 2.75) is 57.9 Å². The van der Waals surface area contributed by atoms with Gasteiger partial charge in [-0.1, -0.05) is 30.6 Å². The molecule has 1 aromatic carbocycles. The van der Waals surface area contributed by atoms with Gasteiger partial charge in [0.25, 0.3) is 0 Å². The number of hydrogen-bond donors (Lipinski definition) is 1. The Morgan fingerprint density at radius 1 is 1.30 bits per heavy atom. The number of hydrogen-bond acceptors (Lipinski definition) is 5. The molecule has 1 unspecified atom stereocenters. The Balaban J connectivity index is 1.28. The fourth-order valence-electron chi connectivity index (χ4n) is 4.43.